The number of halogens is 1. The second kappa shape index (κ2) is 5.97. The van der Waals surface area contributed by atoms with Crippen molar-refractivity contribution >= 4 is 16.9 Å². The van der Waals surface area contributed by atoms with Gasteiger partial charge in [0, 0.05) is 23.5 Å². The van der Waals surface area contributed by atoms with Gasteiger partial charge in [-0.25, -0.2) is 9.37 Å². The van der Waals surface area contributed by atoms with E-state index in [-0.39, 0.29) is 29.7 Å². The van der Waals surface area contributed by atoms with E-state index in [0.29, 0.717) is 17.9 Å². The zero-order valence-corrected chi connectivity index (χ0v) is 13.5. The number of pyridine rings is 1. The number of H-pyrrole nitrogens is 1. The first-order valence-electron chi connectivity index (χ1n) is 8.20. The SMILES string of the molecule is O=C(NCC1(CO)CC1c1ccc(F)cc1)c1cc2cccnc2[nH]1. The maximum atomic E-state index is 13.1. The fourth-order valence-electron chi connectivity index (χ4n) is 3.37. The summed E-state index contributed by atoms with van der Waals surface area (Å²) in [7, 11) is 0. The number of aliphatic hydroxyl groups is 1. The van der Waals surface area contributed by atoms with Gasteiger partial charge in [0.15, 0.2) is 0 Å². The Kier molecular flexibility index (Phi) is 3.77. The number of aromatic nitrogens is 2. The quantitative estimate of drug-likeness (QED) is 0.669. The number of fused-ring (bicyclic) bond motifs is 1. The standard InChI is InChI=1S/C19H18FN3O2/c20-14-5-3-12(4-6-14)15-9-19(15,11-24)10-22-18(25)16-8-13-2-1-7-21-17(13)23-16/h1-8,15,24H,9-11H2,(H,21,23)(H,22,25). The summed E-state index contributed by atoms with van der Waals surface area (Å²) in [4.78, 5) is 19.6. The third-order valence-electron chi connectivity index (χ3n) is 5.01. The third kappa shape index (κ3) is 2.89. The van der Waals surface area contributed by atoms with Crippen LogP contribution in [0.3, 0.4) is 0 Å². The van der Waals surface area contributed by atoms with Crippen LogP contribution in [0.5, 0.6) is 0 Å². The molecule has 1 aliphatic carbocycles. The van der Waals surface area contributed by atoms with Gasteiger partial charge in [0.1, 0.15) is 17.2 Å². The average molecular weight is 339 g/mol. The molecule has 3 aromatic rings. The van der Waals surface area contributed by atoms with Crippen molar-refractivity contribution in [1.29, 1.82) is 0 Å². The van der Waals surface area contributed by atoms with Crippen LogP contribution in [-0.2, 0) is 0 Å². The number of hydrogen-bond acceptors (Lipinski definition) is 3. The first-order chi connectivity index (χ1) is 12.1. The number of aromatic amines is 1. The predicted molar refractivity (Wildman–Crippen MR) is 91.7 cm³/mol. The highest BCUT2D eigenvalue weighted by atomic mass is 19.1. The third-order valence-corrected chi connectivity index (χ3v) is 5.01. The number of hydrogen-bond donors (Lipinski definition) is 3. The van der Waals surface area contributed by atoms with Crippen LogP contribution in [0.1, 0.15) is 28.4 Å². The molecule has 5 nitrogen and oxygen atoms in total. The van der Waals surface area contributed by atoms with Crippen LogP contribution in [0, 0.1) is 11.2 Å². The Morgan fingerprint density at radius 2 is 2.16 bits per heavy atom. The summed E-state index contributed by atoms with van der Waals surface area (Å²) in [5.74, 6) is -0.377. The summed E-state index contributed by atoms with van der Waals surface area (Å²) in [5.41, 5.74) is 1.72. The fourth-order valence-corrected chi connectivity index (χ4v) is 3.37. The Morgan fingerprint density at radius 3 is 2.88 bits per heavy atom. The van der Waals surface area contributed by atoms with Crippen molar-refractivity contribution in [2.24, 2.45) is 5.41 Å². The zero-order chi connectivity index (χ0) is 17.4. The van der Waals surface area contributed by atoms with Crippen LogP contribution < -0.4 is 5.32 Å². The van der Waals surface area contributed by atoms with Gasteiger partial charge < -0.3 is 15.4 Å². The maximum Gasteiger partial charge on any atom is 0.267 e. The lowest BCUT2D eigenvalue weighted by atomic mass is 9.99. The Hall–Kier alpha value is -2.73. The largest absolute Gasteiger partial charge is 0.396 e. The molecule has 0 spiro atoms. The minimum atomic E-state index is -0.377. The second-order valence-corrected chi connectivity index (χ2v) is 6.64. The van der Waals surface area contributed by atoms with E-state index >= 15 is 0 Å². The highest BCUT2D eigenvalue weighted by molar-refractivity contribution is 5.97. The molecule has 1 aromatic carbocycles. The number of nitrogens with zero attached hydrogens (tertiary/aromatic N) is 1. The smallest absolute Gasteiger partial charge is 0.267 e. The molecule has 2 aromatic heterocycles. The minimum Gasteiger partial charge on any atom is -0.396 e. The van der Waals surface area contributed by atoms with Gasteiger partial charge >= 0.3 is 0 Å². The number of aliphatic hydroxyl groups excluding tert-OH is 1. The molecule has 25 heavy (non-hydrogen) atoms. The average Bonchev–Trinajstić information content (AvgIpc) is 3.19. The van der Waals surface area contributed by atoms with Crippen molar-refractivity contribution in [3.05, 3.63) is 65.7 Å². The number of carbonyl (C=O) groups is 1. The predicted octanol–water partition coefficient (Wildman–Crippen LogP) is 2.60. The lowest BCUT2D eigenvalue weighted by molar-refractivity contribution is 0.0929. The van der Waals surface area contributed by atoms with E-state index in [9.17, 15) is 14.3 Å². The maximum absolute atomic E-state index is 13.1. The lowest BCUT2D eigenvalue weighted by Gasteiger charge is -2.15. The molecule has 2 heterocycles. The molecule has 6 heteroatoms. The molecule has 0 aliphatic heterocycles. The number of rotatable bonds is 5. The van der Waals surface area contributed by atoms with E-state index in [4.69, 9.17) is 0 Å². The normalized spacial score (nSPS) is 22.1. The molecular formula is C19H18FN3O2. The molecular weight excluding hydrogens is 321 g/mol. The molecule has 2 atom stereocenters. The van der Waals surface area contributed by atoms with Crippen molar-refractivity contribution in [2.75, 3.05) is 13.2 Å². The van der Waals surface area contributed by atoms with Crippen LogP contribution in [-0.4, -0.2) is 34.1 Å². The molecule has 1 aliphatic rings. The number of nitrogens with one attached hydrogen (secondary N) is 2. The van der Waals surface area contributed by atoms with Crippen molar-refractivity contribution in [3.63, 3.8) is 0 Å². The molecule has 0 saturated heterocycles. The highest BCUT2D eigenvalue weighted by Crippen LogP contribution is 2.58. The monoisotopic (exact) mass is 339 g/mol. The number of carbonyl (C=O) groups excluding carboxylic acids is 1. The molecule has 128 valence electrons. The molecule has 1 amide bonds. The zero-order valence-electron chi connectivity index (χ0n) is 13.5. The van der Waals surface area contributed by atoms with Gasteiger partial charge in [0.05, 0.1) is 6.61 Å². The van der Waals surface area contributed by atoms with E-state index in [1.54, 1.807) is 24.4 Å². The summed E-state index contributed by atoms with van der Waals surface area (Å²) in [6, 6.07) is 11.8. The van der Waals surface area contributed by atoms with Crippen molar-refractivity contribution in [1.82, 2.24) is 15.3 Å². The van der Waals surface area contributed by atoms with Crippen LogP contribution in [0.25, 0.3) is 11.0 Å². The first-order valence-corrected chi connectivity index (χ1v) is 8.20. The van der Waals surface area contributed by atoms with Crippen molar-refractivity contribution < 1.29 is 14.3 Å². The Balaban J connectivity index is 1.44. The highest BCUT2D eigenvalue weighted by Gasteiger charge is 2.54. The first kappa shape index (κ1) is 15.8. The van der Waals surface area contributed by atoms with Gasteiger partial charge in [-0.15, -0.1) is 0 Å². The molecule has 0 radical (unpaired) electrons. The fraction of sp³-hybridized carbons (Fsp3) is 0.263. The topological polar surface area (TPSA) is 78.0 Å². The molecule has 3 N–H and O–H groups in total. The van der Waals surface area contributed by atoms with Gasteiger partial charge in [-0.1, -0.05) is 12.1 Å². The van der Waals surface area contributed by atoms with Gasteiger partial charge in [-0.3, -0.25) is 4.79 Å². The van der Waals surface area contributed by atoms with E-state index in [1.165, 1.54) is 12.1 Å². The Bertz CT molecular complexity index is 889. The molecule has 1 fully saturated rings. The van der Waals surface area contributed by atoms with Crippen molar-refractivity contribution in [2.45, 2.75) is 12.3 Å². The summed E-state index contributed by atoms with van der Waals surface area (Å²) in [6.07, 6.45) is 2.43. The van der Waals surface area contributed by atoms with Gasteiger partial charge in [-0.05, 0) is 48.2 Å². The van der Waals surface area contributed by atoms with Crippen molar-refractivity contribution in [3.8, 4) is 0 Å². The summed E-state index contributed by atoms with van der Waals surface area (Å²) in [6.45, 7) is 0.344. The summed E-state index contributed by atoms with van der Waals surface area (Å²) >= 11 is 0. The van der Waals surface area contributed by atoms with E-state index < -0.39 is 0 Å². The van der Waals surface area contributed by atoms with E-state index in [0.717, 1.165) is 17.4 Å². The molecule has 0 bridgehead atoms. The van der Waals surface area contributed by atoms with Gasteiger partial charge in [0.2, 0.25) is 0 Å². The summed E-state index contributed by atoms with van der Waals surface area (Å²) < 4.78 is 13.1. The van der Waals surface area contributed by atoms with E-state index in [2.05, 4.69) is 15.3 Å². The van der Waals surface area contributed by atoms with Gasteiger partial charge in [-0.2, -0.15) is 0 Å². The Morgan fingerprint density at radius 1 is 1.36 bits per heavy atom. The molecule has 2 unspecified atom stereocenters. The minimum absolute atomic E-state index is 0.0242. The van der Waals surface area contributed by atoms with Crippen LogP contribution in [0.4, 0.5) is 4.39 Å². The number of benzene rings is 1. The number of amides is 1. The second-order valence-electron chi connectivity index (χ2n) is 6.64. The van der Waals surface area contributed by atoms with Crippen LogP contribution in [0.15, 0.2) is 48.7 Å². The Labute approximate surface area is 143 Å². The van der Waals surface area contributed by atoms with Crippen LogP contribution in [0.2, 0.25) is 0 Å². The lowest BCUT2D eigenvalue weighted by Crippen LogP contribution is -2.33. The van der Waals surface area contributed by atoms with Gasteiger partial charge in [0.25, 0.3) is 5.91 Å². The molecule has 4 rings (SSSR count). The van der Waals surface area contributed by atoms with E-state index in [1.807, 2.05) is 12.1 Å². The van der Waals surface area contributed by atoms with Crippen LogP contribution >= 0.6 is 0 Å². The summed E-state index contributed by atoms with van der Waals surface area (Å²) in [5, 5.41) is 13.6. The molecule has 1 saturated carbocycles.